The van der Waals surface area contributed by atoms with Crippen LogP contribution in [0.2, 0.25) is 0 Å². The van der Waals surface area contributed by atoms with Crippen LogP contribution in [0, 0.1) is 5.41 Å². The number of halogens is 1. The van der Waals surface area contributed by atoms with Gasteiger partial charge in [0.2, 0.25) is 0 Å². The predicted molar refractivity (Wildman–Crippen MR) is 85.5 cm³/mol. The lowest BCUT2D eigenvalue weighted by Crippen LogP contribution is -2.32. The molecular weight excluding hydrogens is 274 g/mol. The summed E-state index contributed by atoms with van der Waals surface area (Å²) in [5.74, 6) is 0.771. The van der Waals surface area contributed by atoms with Gasteiger partial charge in [-0.1, -0.05) is 44.2 Å². The van der Waals surface area contributed by atoms with Crippen molar-refractivity contribution >= 4 is 23.2 Å². The Morgan fingerprint density at radius 2 is 1.85 bits per heavy atom. The third-order valence-corrected chi connectivity index (χ3v) is 3.71. The smallest absolute Gasteiger partial charge is 0.124 e. The minimum absolute atomic E-state index is 0. The molecule has 0 heterocycles. The van der Waals surface area contributed by atoms with E-state index in [1.807, 2.05) is 44.2 Å². The van der Waals surface area contributed by atoms with Gasteiger partial charge in [0.15, 0.2) is 0 Å². The lowest BCUT2D eigenvalue weighted by atomic mass is 9.80. The molecule has 1 atom stereocenters. The van der Waals surface area contributed by atoms with Crippen LogP contribution in [0.1, 0.15) is 25.5 Å². The third-order valence-electron chi connectivity index (χ3n) is 3.71. The van der Waals surface area contributed by atoms with Gasteiger partial charge in [-0.15, -0.1) is 12.4 Å². The van der Waals surface area contributed by atoms with E-state index in [1.165, 1.54) is 0 Å². The molecule has 110 valence electrons. The molecule has 0 fully saturated rings. The normalized spacial score (nSPS) is 12.8. The minimum atomic E-state index is -0.405. The van der Waals surface area contributed by atoms with Crippen LogP contribution in [-0.4, -0.2) is 18.8 Å². The lowest BCUT2D eigenvalue weighted by molar-refractivity contribution is 0.131. The van der Waals surface area contributed by atoms with Gasteiger partial charge in [-0.05, 0) is 16.8 Å². The zero-order valence-corrected chi connectivity index (χ0v) is 12.9. The van der Waals surface area contributed by atoms with Crippen molar-refractivity contribution in [3.05, 3.63) is 42.0 Å². The van der Waals surface area contributed by atoms with Gasteiger partial charge in [-0.25, -0.2) is 0 Å². The molecule has 20 heavy (non-hydrogen) atoms. The third kappa shape index (κ3) is 2.90. The second-order valence-electron chi connectivity index (χ2n) is 5.53. The highest BCUT2D eigenvalue weighted by Gasteiger charge is 2.30. The van der Waals surface area contributed by atoms with E-state index in [1.54, 1.807) is 7.11 Å². The summed E-state index contributed by atoms with van der Waals surface area (Å²) in [7, 11) is 1.65. The van der Waals surface area contributed by atoms with Crippen molar-refractivity contribution in [1.82, 2.24) is 0 Å². The topological polar surface area (TPSA) is 55.5 Å². The van der Waals surface area contributed by atoms with Gasteiger partial charge in [0.25, 0.3) is 0 Å². The van der Waals surface area contributed by atoms with Crippen LogP contribution in [0.4, 0.5) is 0 Å². The van der Waals surface area contributed by atoms with Crippen molar-refractivity contribution in [2.75, 3.05) is 13.7 Å². The summed E-state index contributed by atoms with van der Waals surface area (Å²) < 4.78 is 5.45. The number of methoxy groups -OCH3 is 1. The number of fused-ring (bicyclic) bond motifs is 1. The van der Waals surface area contributed by atoms with Gasteiger partial charge in [0, 0.05) is 23.6 Å². The summed E-state index contributed by atoms with van der Waals surface area (Å²) in [6, 6.07) is 11.8. The van der Waals surface area contributed by atoms with E-state index in [9.17, 15) is 5.11 Å². The van der Waals surface area contributed by atoms with Crippen LogP contribution in [-0.2, 0) is 0 Å². The maximum absolute atomic E-state index is 9.54. The fourth-order valence-corrected chi connectivity index (χ4v) is 2.26. The van der Waals surface area contributed by atoms with E-state index in [0.29, 0.717) is 0 Å². The summed E-state index contributed by atoms with van der Waals surface area (Å²) in [6.45, 7) is 3.94. The molecule has 0 amide bonds. The highest BCUT2D eigenvalue weighted by molar-refractivity contribution is 5.88. The van der Waals surface area contributed by atoms with Crippen LogP contribution in [0.25, 0.3) is 10.8 Å². The van der Waals surface area contributed by atoms with E-state index in [-0.39, 0.29) is 25.1 Å². The molecule has 4 heteroatoms. The zero-order valence-electron chi connectivity index (χ0n) is 12.1. The zero-order chi connectivity index (χ0) is 14.0. The van der Waals surface area contributed by atoms with Crippen molar-refractivity contribution in [1.29, 1.82) is 0 Å². The molecule has 0 spiro atoms. The first kappa shape index (κ1) is 16.8. The molecule has 2 aromatic carbocycles. The summed E-state index contributed by atoms with van der Waals surface area (Å²) >= 11 is 0. The molecule has 3 nitrogen and oxygen atoms in total. The summed E-state index contributed by atoms with van der Waals surface area (Å²) in [6.07, 6.45) is 0. The highest BCUT2D eigenvalue weighted by Crippen LogP contribution is 2.39. The second kappa shape index (κ2) is 6.44. The average Bonchev–Trinajstić information content (AvgIpc) is 2.45. The van der Waals surface area contributed by atoms with Crippen LogP contribution < -0.4 is 10.5 Å². The number of hydrogen-bond acceptors (Lipinski definition) is 3. The first-order valence-corrected chi connectivity index (χ1v) is 6.43. The van der Waals surface area contributed by atoms with Crippen molar-refractivity contribution in [2.24, 2.45) is 11.1 Å². The predicted octanol–water partition coefficient (Wildman–Crippen LogP) is 3.29. The second-order valence-corrected chi connectivity index (χ2v) is 5.53. The molecule has 0 aliphatic carbocycles. The van der Waals surface area contributed by atoms with Crippen molar-refractivity contribution in [2.45, 2.75) is 19.9 Å². The van der Waals surface area contributed by atoms with E-state index < -0.39 is 5.41 Å². The Labute approximate surface area is 126 Å². The van der Waals surface area contributed by atoms with Gasteiger partial charge >= 0.3 is 0 Å². The lowest BCUT2D eigenvalue weighted by Gasteiger charge is -2.31. The molecule has 0 saturated heterocycles. The number of benzene rings is 2. The Bertz CT molecular complexity index is 584. The van der Waals surface area contributed by atoms with Crippen LogP contribution in [0.5, 0.6) is 5.75 Å². The summed E-state index contributed by atoms with van der Waals surface area (Å²) in [5, 5.41) is 11.7. The average molecular weight is 296 g/mol. The quantitative estimate of drug-likeness (QED) is 0.910. The Morgan fingerprint density at radius 1 is 1.20 bits per heavy atom. The van der Waals surface area contributed by atoms with Crippen LogP contribution in [0.3, 0.4) is 0 Å². The van der Waals surface area contributed by atoms with Gasteiger partial charge < -0.3 is 15.6 Å². The molecular formula is C16H22ClNO2. The van der Waals surface area contributed by atoms with Crippen molar-refractivity contribution in [3.63, 3.8) is 0 Å². The number of nitrogens with two attached hydrogens (primary N) is 1. The standard InChI is InChI=1S/C16H21NO2.ClH/c1-16(2,10-18)15(17)14-12-7-5-4-6-11(12)8-9-13(14)19-3;/h4-9,15,18H,10,17H2,1-3H3;1H/t15-;/m1./s1. The summed E-state index contributed by atoms with van der Waals surface area (Å²) in [5.41, 5.74) is 6.94. The molecule has 0 aliphatic heterocycles. The molecule has 0 saturated carbocycles. The van der Waals surface area contributed by atoms with Gasteiger partial charge in [-0.2, -0.15) is 0 Å². The van der Waals surface area contributed by atoms with Crippen molar-refractivity contribution < 1.29 is 9.84 Å². The van der Waals surface area contributed by atoms with Crippen LogP contribution in [0.15, 0.2) is 36.4 Å². The molecule has 2 aromatic rings. The van der Waals surface area contributed by atoms with Gasteiger partial charge in [0.05, 0.1) is 7.11 Å². The Balaban J connectivity index is 0.00000200. The molecule has 0 bridgehead atoms. The molecule has 0 radical (unpaired) electrons. The Kier molecular flexibility index (Phi) is 5.40. The Morgan fingerprint density at radius 3 is 2.45 bits per heavy atom. The number of ether oxygens (including phenoxy) is 1. The minimum Gasteiger partial charge on any atom is -0.496 e. The van der Waals surface area contributed by atoms with Crippen LogP contribution >= 0.6 is 12.4 Å². The van der Waals surface area contributed by atoms with E-state index in [2.05, 4.69) is 6.07 Å². The fourth-order valence-electron chi connectivity index (χ4n) is 2.26. The largest absolute Gasteiger partial charge is 0.496 e. The number of rotatable bonds is 4. The molecule has 0 aliphatic rings. The maximum atomic E-state index is 9.54. The molecule has 0 unspecified atom stereocenters. The number of hydrogen-bond donors (Lipinski definition) is 2. The van der Waals surface area contributed by atoms with E-state index in [0.717, 1.165) is 22.1 Å². The Hall–Kier alpha value is -1.29. The molecule has 0 aromatic heterocycles. The van der Waals surface area contributed by atoms with E-state index >= 15 is 0 Å². The SMILES string of the molecule is COc1ccc2ccccc2c1[C@@H](N)C(C)(C)CO.Cl. The summed E-state index contributed by atoms with van der Waals surface area (Å²) in [4.78, 5) is 0. The number of aliphatic hydroxyl groups excluding tert-OH is 1. The van der Waals surface area contributed by atoms with E-state index in [4.69, 9.17) is 10.5 Å². The first-order valence-electron chi connectivity index (χ1n) is 6.43. The number of aliphatic hydroxyl groups is 1. The van der Waals surface area contributed by atoms with Crippen molar-refractivity contribution in [3.8, 4) is 5.75 Å². The molecule has 2 rings (SSSR count). The monoisotopic (exact) mass is 295 g/mol. The maximum Gasteiger partial charge on any atom is 0.124 e. The van der Waals surface area contributed by atoms with Gasteiger partial charge in [-0.3, -0.25) is 0 Å². The van der Waals surface area contributed by atoms with Gasteiger partial charge in [0.1, 0.15) is 5.75 Å². The molecule has 3 N–H and O–H groups in total. The first-order chi connectivity index (χ1) is 9.01. The highest BCUT2D eigenvalue weighted by atomic mass is 35.5. The fraction of sp³-hybridized carbons (Fsp3) is 0.375.